The highest BCUT2D eigenvalue weighted by Gasteiger charge is 2.49. The smallest absolute Gasteiger partial charge is 0.247 e. The van der Waals surface area contributed by atoms with Gasteiger partial charge in [-0.2, -0.15) is 4.31 Å². The van der Waals surface area contributed by atoms with Crippen LogP contribution in [0.2, 0.25) is 5.02 Å². The molecule has 0 radical (unpaired) electrons. The zero-order valence-corrected chi connectivity index (χ0v) is 19.2. The van der Waals surface area contributed by atoms with Crippen molar-refractivity contribution >= 4 is 44.8 Å². The van der Waals surface area contributed by atoms with E-state index in [0.29, 0.717) is 18.0 Å². The van der Waals surface area contributed by atoms with Crippen LogP contribution in [-0.4, -0.2) is 60.9 Å². The Labute approximate surface area is 185 Å². The Morgan fingerprint density at radius 3 is 2.57 bits per heavy atom. The lowest BCUT2D eigenvalue weighted by Crippen LogP contribution is -2.69. The number of nitrogens with zero attached hydrogens (tertiary/aromatic N) is 2. The third-order valence-corrected chi connectivity index (χ3v) is 7.56. The van der Waals surface area contributed by atoms with Crippen LogP contribution in [0.3, 0.4) is 0 Å². The predicted octanol–water partition coefficient (Wildman–Crippen LogP) is 2.12. The number of rotatable bonds is 7. The molecule has 0 bridgehead atoms. The first-order valence-electron chi connectivity index (χ1n) is 9.40. The molecule has 2 aromatic rings. The summed E-state index contributed by atoms with van der Waals surface area (Å²) in [5.74, 6) is -0.780. The molecule has 2 heterocycles. The van der Waals surface area contributed by atoms with Crippen LogP contribution in [0.5, 0.6) is 0 Å². The van der Waals surface area contributed by atoms with Crippen molar-refractivity contribution in [1.82, 2.24) is 14.5 Å². The second kappa shape index (κ2) is 9.05. The molecule has 0 saturated carbocycles. The third-order valence-electron chi connectivity index (χ3n) is 5.18. The summed E-state index contributed by atoms with van der Waals surface area (Å²) in [6.45, 7) is 1.85. The van der Waals surface area contributed by atoms with Gasteiger partial charge in [0.2, 0.25) is 21.8 Å². The summed E-state index contributed by atoms with van der Waals surface area (Å²) >= 11 is 7.48. The Hall–Kier alpha value is -1.94. The van der Waals surface area contributed by atoms with Gasteiger partial charge < -0.3 is 10.2 Å². The van der Waals surface area contributed by atoms with Gasteiger partial charge in [-0.3, -0.25) is 9.59 Å². The Balaban J connectivity index is 1.80. The first-order chi connectivity index (χ1) is 14.1. The molecule has 1 atom stereocenters. The monoisotopic (exact) mass is 469 g/mol. The number of carbonyl (C=O) groups is 2. The number of amides is 2. The van der Waals surface area contributed by atoms with Gasteiger partial charge in [-0.1, -0.05) is 29.8 Å². The average molecular weight is 470 g/mol. The van der Waals surface area contributed by atoms with Gasteiger partial charge in [0.25, 0.3) is 0 Å². The van der Waals surface area contributed by atoms with Crippen LogP contribution in [0, 0.1) is 0 Å². The van der Waals surface area contributed by atoms with E-state index in [1.165, 1.54) is 4.90 Å². The van der Waals surface area contributed by atoms with E-state index >= 15 is 0 Å². The molecule has 1 aliphatic rings. The maximum atomic E-state index is 13.2. The second-order valence-electron chi connectivity index (χ2n) is 7.49. The lowest BCUT2D eigenvalue weighted by atomic mass is 9.95. The minimum atomic E-state index is -3.62. The van der Waals surface area contributed by atoms with E-state index in [4.69, 9.17) is 11.6 Å². The van der Waals surface area contributed by atoms with Gasteiger partial charge in [-0.15, -0.1) is 11.3 Å². The number of hydrogen-bond donors (Lipinski definition) is 1. The van der Waals surface area contributed by atoms with Crippen molar-refractivity contribution in [2.45, 2.75) is 25.4 Å². The number of carbonyl (C=O) groups excluding carboxylic acids is 2. The van der Waals surface area contributed by atoms with E-state index in [1.807, 2.05) is 17.5 Å². The number of hydrogen-bond acceptors (Lipinski definition) is 5. The largest absolute Gasteiger partial charge is 0.350 e. The van der Waals surface area contributed by atoms with E-state index in [9.17, 15) is 18.0 Å². The summed E-state index contributed by atoms with van der Waals surface area (Å²) in [5, 5.41) is 5.40. The van der Waals surface area contributed by atoms with Crippen molar-refractivity contribution in [2.24, 2.45) is 0 Å². The summed E-state index contributed by atoms with van der Waals surface area (Å²) in [6, 6.07) is 11.0. The van der Waals surface area contributed by atoms with Crippen LogP contribution < -0.4 is 5.32 Å². The Morgan fingerprint density at radius 2 is 1.97 bits per heavy atom. The minimum Gasteiger partial charge on any atom is -0.350 e. The van der Waals surface area contributed by atoms with Gasteiger partial charge in [0.15, 0.2) is 0 Å². The van der Waals surface area contributed by atoms with E-state index < -0.39 is 21.5 Å². The topological polar surface area (TPSA) is 86.8 Å². The lowest BCUT2D eigenvalue weighted by molar-refractivity contribution is -0.152. The summed E-state index contributed by atoms with van der Waals surface area (Å²) in [7, 11) is -3.62. The molecule has 1 saturated heterocycles. The molecular weight excluding hydrogens is 446 g/mol. The predicted molar refractivity (Wildman–Crippen MR) is 118 cm³/mol. The van der Waals surface area contributed by atoms with Crippen LogP contribution in [0.4, 0.5) is 0 Å². The molecule has 1 aromatic carbocycles. The number of nitrogens with one attached hydrogen (secondary N) is 1. The normalized spacial score (nSPS) is 20.4. The fourth-order valence-corrected chi connectivity index (χ4v) is 5.10. The summed E-state index contributed by atoms with van der Waals surface area (Å²) in [6.07, 6.45) is 1.65. The molecule has 162 valence electrons. The van der Waals surface area contributed by atoms with E-state index in [0.717, 1.165) is 21.0 Å². The zero-order chi connectivity index (χ0) is 21.9. The highest BCUT2D eigenvalue weighted by Crippen LogP contribution is 2.26. The van der Waals surface area contributed by atoms with Crippen molar-refractivity contribution in [3.63, 3.8) is 0 Å². The number of thiophene rings is 1. The molecule has 0 unspecified atom stereocenters. The molecule has 3 rings (SSSR count). The van der Waals surface area contributed by atoms with Crippen LogP contribution in [0.25, 0.3) is 0 Å². The van der Waals surface area contributed by atoms with Crippen molar-refractivity contribution < 1.29 is 18.0 Å². The average Bonchev–Trinajstić information content (AvgIpc) is 3.19. The van der Waals surface area contributed by atoms with E-state index in [2.05, 4.69) is 5.32 Å². The molecule has 1 N–H and O–H groups in total. The first kappa shape index (κ1) is 22.7. The van der Waals surface area contributed by atoms with Gasteiger partial charge in [0.1, 0.15) is 5.54 Å². The number of sulfonamides is 1. The van der Waals surface area contributed by atoms with Gasteiger partial charge in [-0.25, -0.2) is 8.42 Å². The lowest BCUT2D eigenvalue weighted by Gasteiger charge is -2.46. The summed E-state index contributed by atoms with van der Waals surface area (Å²) < 4.78 is 25.3. The maximum Gasteiger partial charge on any atom is 0.247 e. The highest BCUT2D eigenvalue weighted by atomic mass is 35.5. The van der Waals surface area contributed by atoms with Crippen molar-refractivity contribution in [3.8, 4) is 0 Å². The Kier molecular flexibility index (Phi) is 6.86. The van der Waals surface area contributed by atoms with Crippen LogP contribution in [0.15, 0.2) is 41.8 Å². The minimum absolute atomic E-state index is 0.0888. The van der Waals surface area contributed by atoms with Crippen molar-refractivity contribution in [1.29, 1.82) is 0 Å². The zero-order valence-electron chi connectivity index (χ0n) is 16.8. The summed E-state index contributed by atoms with van der Waals surface area (Å²) in [4.78, 5) is 28.7. The molecule has 2 amide bonds. The molecule has 1 aromatic heterocycles. The van der Waals surface area contributed by atoms with Gasteiger partial charge in [0, 0.05) is 29.5 Å². The molecule has 1 fully saturated rings. The molecule has 0 spiro atoms. The Bertz CT molecular complexity index is 1010. The van der Waals surface area contributed by atoms with Crippen molar-refractivity contribution in [2.75, 3.05) is 25.9 Å². The maximum absolute atomic E-state index is 13.2. The molecule has 0 aliphatic carbocycles. The standard InChI is InChI=1S/C20H24ClN3O4S2/c1-20(19(26)22-12-15-5-7-16(21)8-6-15)14-23(30(2,27)28)13-18(25)24(20)10-9-17-4-3-11-29-17/h3-8,11H,9-10,12-14H2,1-2H3,(H,22,26)/t20-/m0/s1. The SMILES string of the molecule is C[C@@]1(C(=O)NCc2ccc(Cl)cc2)CN(S(C)(=O)=O)CC(=O)N1CCc1cccs1. The Morgan fingerprint density at radius 1 is 1.27 bits per heavy atom. The molecule has 1 aliphatic heterocycles. The number of benzene rings is 1. The van der Waals surface area contributed by atoms with Gasteiger partial charge >= 0.3 is 0 Å². The van der Waals surface area contributed by atoms with Crippen LogP contribution >= 0.6 is 22.9 Å². The van der Waals surface area contributed by atoms with Gasteiger partial charge in [0.05, 0.1) is 12.8 Å². The van der Waals surface area contributed by atoms with Crippen LogP contribution in [0.1, 0.15) is 17.4 Å². The molecule has 30 heavy (non-hydrogen) atoms. The summed E-state index contributed by atoms with van der Waals surface area (Å²) in [5.41, 5.74) is -0.467. The first-order valence-corrected chi connectivity index (χ1v) is 12.5. The van der Waals surface area contributed by atoms with Crippen molar-refractivity contribution in [3.05, 3.63) is 57.2 Å². The quantitative estimate of drug-likeness (QED) is 0.673. The fraction of sp³-hybridized carbons (Fsp3) is 0.400. The van der Waals surface area contributed by atoms with E-state index in [1.54, 1.807) is 42.5 Å². The molecule has 10 heteroatoms. The van der Waals surface area contributed by atoms with Crippen LogP contribution in [-0.2, 0) is 32.6 Å². The van der Waals surface area contributed by atoms with E-state index in [-0.39, 0.29) is 25.5 Å². The highest BCUT2D eigenvalue weighted by molar-refractivity contribution is 7.88. The number of piperazine rings is 1. The second-order valence-corrected chi connectivity index (χ2v) is 10.9. The fourth-order valence-electron chi connectivity index (χ4n) is 3.45. The molecular formula is C20H24ClN3O4S2. The number of halogens is 1. The van der Waals surface area contributed by atoms with Gasteiger partial charge in [-0.05, 0) is 42.5 Å². The molecule has 7 nitrogen and oxygen atoms in total. The third kappa shape index (κ3) is 5.21.